The summed E-state index contributed by atoms with van der Waals surface area (Å²) in [6, 6.07) is 52.1. The van der Waals surface area contributed by atoms with Crippen LogP contribution in [0.4, 0.5) is 0 Å². The Balaban J connectivity index is 1.16. The van der Waals surface area contributed by atoms with Crippen LogP contribution in [-0.4, -0.2) is 9.13 Å². The second-order valence-corrected chi connectivity index (χ2v) is 12.0. The van der Waals surface area contributed by atoms with Crippen molar-refractivity contribution in [1.82, 2.24) is 9.13 Å². The number of nitriles is 1. The van der Waals surface area contributed by atoms with E-state index in [2.05, 4.69) is 167 Å². The lowest BCUT2D eigenvalue weighted by Gasteiger charge is -2.23. The predicted octanol–water partition coefficient (Wildman–Crippen LogP) is 11.0. The van der Waals surface area contributed by atoms with Crippen molar-refractivity contribution in [1.29, 1.82) is 5.26 Å². The van der Waals surface area contributed by atoms with Gasteiger partial charge in [0.1, 0.15) is 0 Å². The second-order valence-electron chi connectivity index (χ2n) is 12.0. The zero-order valence-corrected chi connectivity index (χ0v) is 25.1. The Morgan fingerprint density at radius 2 is 1.20 bits per heavy atom. The fourth-order valence-corrected chi connectivity index (χ4v) is 7.44. The number of nitrogens with zero attached hydrogens (tertiary/aromatic N) is 3. The van der Waals surface area contributed by atoms with E-state index in [1.165, 1.54) is 49.3 Å². The molecule has 3 heteroatoms. The summed E-state index contributed by atoms with van der Waals surface area (Å²) in [7, 11) is 0. The molecule has 9 rings (SSSR count). The van der Waals surface area contributed by atoms with Gasteiger partial charge in [-0.05, 0) is 77.2 Å². The monoisotopic (exact) mass is 587 g/mol. The summed E-state index contributed by atoms with van der Waals surface area (Å²) in [5.74, 6) is 0. The molecule has 0 radical (unpaired) electrons. The molecular formula is C43H29N3. The van der Waals surface area contributed by atoms with E-state index in [4.69, 9.17) is 0 Å². The van der Waals surface area contributed by atoms with Gasteiger partial charge in [0.25, 0.3) is 0 Å². The van der Waals surface area contributed by atoms with Gasteiger partial charge in [-0.2, -0.15) is 5.26 Å². The molecule has 0 saturated heterocycles. The highest BCUT2D eigenvalue weighted by molar-refractivity contribution is 6.10. The fourth-order valence-electron chi connectivity index (χ4n) is 7.44. The van der Waals surface area contributed by atoms with Gasteiger partial charge in [0.15, 0.2) is 0 Å². The molecule has 6 aromatic carbocycles. The summed E-state index contributed by atoms with van der Waals surface area (Å²) in [5.41, 5.74) is 11.1. The molecular weight excluding hydrogens is 558 g/mol. The molecule has 1 atom stereocenters. The van der Waals surface area contributed by atoms with Crippen molar-refractivity contribution in [3.8, 4) is 22.9 Å². The van der Waals surface area contributed by atoms with E-state index in [0.717, 1.165) is 28.7 Å². The maximum absolute atomic E-state index is 10.3. The Morgan fingerprint density at radius 1 is 0.565 bits per heavy atom. The molecule has 0 amide bonds. The maximum atomic E-state index is 10.3. The maximum Gasteiger partial charge on any atom is 0.0998 e. The van der Waals surface area contributed by atoms with Gasteiger partial charge in [0.05, 0.1) is 28.7 Å². The number of para-hydroxylation sites is 3. The van der Waals surface area contributed by atoms with E-state index in [1.54, 1.807) is 0 Å². The number of rotatable bonds is 4. The third-order valence-electron chi connectivity index (χ3n) is 9.52. The molecule has 0 bridgehead atoms. The molecule has 216 valence electrons. The van der Waals surface area contributed by atoms with Crippen LogP contribution < -0.4 is 0 Å². The van der Waals surface area contributed by atoms with Gasteiger partial charge < -0.3 is 9.13 Å². The van der Waals surface area contributed by atoms with Crippen LogP contribution in [0.5, 0.6) is 0 Å². The Morgan fingerprint density at radius 3 is 1.91 bits per heavy atom. The van der Waals surface area contributed by atoms with Crippen LogP contribution in [0, 0.1) is 11.3 Å². The Labute approximate surface area is 267 Å². The van der Waals surface area contributed by atoms with Crippen molar-refractivity contribution in [2.24, 2.45) is 0 Å². The topological polar surface area (TPSA) is 33.6 Å². The van der Waals surface area contributed by atoms with E-state index < -0.39 is 0 Å². The van der Waals surface area contributed by atoms with E-state index >= 15 is 0 Å². The van der Waals surface area contributed by atoms with E-state index in [0.29, 0.717) is 5.56 Å². The normalized spacial score (nSPS) is 14.7. The number of benzene rings is 6. The van der Waals surface area contributed by atoms with Crippen molar-refractivity contribution >= 4 is 49.2 Å². The molecule has 0 saturated carbocycles. The van der Waals surface area contributed by atoms with Crippen molar-refractivity contribution in [2.75, 3.05) is 0 Å². The molecule has 2 heterocycles. The SMILES string of the molecule is N#Cc1ccc(-n2c3ccccc3c3ccccc32)cc1C1=CC=CC(n2c3ccccc3c3cc(-c4ccccc4)ccc32)C1. The highest BCUT2D eigenvalue weighted by Crippen LogP contribution is 2.40. The van der Waals surface area contributed by atoms with E-state index in [-0.39, 0.29) is 6.04 Å². The Kier molecular flexibility index (Phi) is 6.01. The molecule has 3 nitrogen and oxygen atoms in total. The average molecular weight is 588 g/mol. The number of allylic oxidation sites excluding steroid dienone is 4. The number of hydrogen-bond acceptors (Lipinski definition) is 1. The van der Waals surface area contributed by atoms with Crippen molar-refractivity contribution in [2.45, 2.75) is 12.5 Å². The van der Waals surface area contributed by atoms with Gasteiger partial charge in [-0.25, -0.2) is 0 Å². The molecule has 0 spiro atoms. The smallest absolute Gasteiger partial charge is 0.0998 e. The molecule has 8 aromatic rings. The van der Waals surface area contributed by atoms with Gasteiger partial charge in [0.2, 0.25) is 0 Å². The van der Waals surface area contributed by atoms with Crippen LogP contribution in [0.15, 0.2) is 158 Å². The Bertz CT molecular complexity index is 2520. The van der Waals surface area contributed by atoms with Gasteiger partial charge in [0, 0.05) is 38.3 Å². The zero-order chi connectivity index (χ0) is 30.6. The summed E-state index contributed by atoms with van der Waals surface area (Å²) in [4.78, 5) is 0. The average Bonchev–Trinajstić information content (AvgIpc) is 3.64. The van der Waals surface area contributed by atoms with Crippen LogP contribution >= 0.6 is 0 Å². The zero-order valence-electron chi connectivity index (χ0n) is 25.1. The van der Waals surface area contributed by atoms with Crippen molar-refractivity contribution < 1.29 is 0 Å². The fraction of sp³-hybridized carbons (Fsp3) is 0.0465. The van der Waals surface area contributed by atoms with E-state index in [1.807, 2.05) is 6.07 Å². The third-order valence-corrected chi connectivity index (χ3v) is 9.52. The van der Waals surface area contributed by atoms with Crippen LogP contribution in [0.3, 0.4) is 0 Å². The minimum absolute atomic E-state index is 0.105. The van der Waals surface area contributed by atoms with Crippen LogP contribution in [-0.2, 0) is 0 Å². The predicted molar refractivity (Wildman–Crippen MR) is 191 cm³/mol. The highest BCUT2D eigenvalue weighted by atomic mass is 15.0. The van der Waals surface area contributed by atoms with E-state index in [9.17, 15) is 5.26 Å². The standard InChI is InChI=1S/C43H29N3/c44-28-32-21-23-34(46-40-18-7-4-15-35(40)36-16-5-8-19-41(36)46)27-38(32)31-13-10-14-33(25-31)45-42-20-9-6-17-37(42)39-26-30(22-24-43(39)45)29-11-2-1-3-12-29/h1-24,26-27,33H,25H2. The molecule has 1 aliphatic rings. The minimum Gasteiger partial charge on any atom is -0.333 e. The molecule has 1 aliphatic carbocycles. The Hall–Kier alpha value is -6.11. The third kappa shape index (κ3) is 4.05. The number of fused-ring (bicyclic) bond motifs is 6. The number of aromatic nitrogens is 2. The summed E-state index contributed by atoms with van der Waals surface area (Å²) in [6.07, 6.45) is 7.43. The molecule has 0 aliphatic heterocycles. The highest BCUT2D eigenvalue weighted by Gasteiger charge is 2.22. The van der Waals surface area contributed by atoms with Gasteiger partial charge >= 0.3 is 0 Å². The second kappa shape index (κ2) is 10.5. The first kappa shape index (κ1) is 26.3. The molecule has 1 unspecified atom stereocenters. The molecule has 46 heavy (non-hydrogen) atoms. The lowest BCUT2D eigenvalue weighted by molar-refractivity contribution is 0.656. The van der Waals surface area contributed by atoms with Crippen molar-refractivity contribution in [3.63, 3.8) is 0 Å². The molecule has 0 fully saturated rings. The first-order valence-corrected chi connectivity index (χ1v) is 15.8. The minimum atomic E-state index is 0.105. The first-order chi connectivity index (χ1) is 22.8. The van der Waals surface area contributed by atoms with Crippen molar-refractivity contribution in [3.05, 3.63) is 169 Å². The lowest BCUT2D eigenvalue weighted by Crippen LogP contribution is -2.10. The number of hydrogen-bond donors (Lipinski definition) is 0. The summed E-state index contributed by atoms with van der Waals surface area (Å²) in [5, 5.41) is 15.2. The molecule has 0 N–H and O–H groups in total. The van der Waals surface area contributed by atoms with Gasteiger partial charge in [-0.3, -0.25) is 0 Å². The lowest BCUT2D eigenvalue weighted by atomic mass is 9.90. The van der Waals surface area contributed by atoms with Crippen LogP contribution in [0.2, 0.25) is 0 Å². The first-order valence-electron chi connectivity index (χ1n) is 15.8. The van der Waals surface area contributed by atoms with Gasteiger partial charge in [-0.15, -0.1) is 0 Å². The molecule has 2 aromatic heterocycles. The van der Waals surface area contributed by atoms with Crippen LogP contribution in [0.25, 0.3) is 66.0 Å². The quantitative estimate of drug-likeness (QED) is 0.202. The van der Waals surface area contributed by atoms with Gasteiger partial charge in [-0.1, -0.05) is 109 Å². The summed E-state index contributed by atoms with van der Waals surface area (Å²) >= 11 is 0. The largest absolute Gasteiger partial charge is 0.333 e. The van der Waals surface area contributed by atoms with Crippen LogP contribution in [0.1, 0.15) is 23.6 Å². The summed E-state index contributed by atoms with van der Waals surface area (Å²) in [6.45, 7) is 0. The summed E-state index contributed by atoms with van der Waals surface area (Å²) < 4.78 is 4.80.